The molecule has 1 aliphatic heterocycles. The minimum absolute atomic E-state index is 0.0299. The molecular weight excluding hydrogens is 584 g/mol. The van der Waals surface area contributed by atoms with Gasteiger partial charge >= 0.3 is 35.6 Å². The molecule has 0 aromatic heterocycles. The van der Waals surface area contributed by atoms with E-state index >= 15 is 0 Å². The number of methoxy groups -OCH3 is 2. The SMILES string of the molecule is COC(=O)C1CCC(=O)CC1.COC(=O)C1CCC2(CC1)OCC(F)(F)C(F)(F)CO2.OCC(F)(F)C(F)(F)CO. The zero-order chi connectivity index (χ0) is 31.7. The number of ketones is 1. The molecule has 0 atom stereocenters. The highest BCUT2D eigenvalue weighted by Crippen LogP contribution is 2.44. The maximum absolute atomic E-state index is 13.2. The van der Waals surface area contributed by atoms with Crippen molar-refractivity contribution in [3.63, 3.8) is 0 Å². The molecule has 0 aromatic carbocycles. The number of aliphatic hydroxyl groups excluding tert-OH is 2. The molecule has 0 bridgehead atoms. The van der Waals surface area contributed by atoms with Gasteiger partial charge in [-0.3, -0.25) is 14.4 Å². The average Bonchev–Trinajstić information content (AvgIpc) is 3.03. The lowest BCUT2D eigenvalue weighted by atomic mass is 9.85. The van der Waals surface area contributed by atoms with E-state index in [4.69, 9.17) is 19.7 Å². The Morgan fingerprint density at radius 1 is 0.780 bits per heavy atom. The van der Waals surface area contributed by atoms with E-state index in [1.165, 1.54) is 14.2 Å². The van der Waals surface area contributed by atoms with Crippen LogP contribution in [0.3, 0.4) is 0 Å². The number of rotatable bonds is 5. The van der Waals surface area contributed by atoms with Crippen LogP contribution in [0.25, 0.3) is 0 Å². The number of ether oxygens (including phenoxy) is 4. The Bertz CT molecular complexity index is 833. The average molecular weight is 619 g/mol. The number of alkyl halides is 8. The Labute approximate surface area is 230 Å². The van der Waals surface area contributed by atoms with E-state index in [1.54, 1.807) is 0 Å². The van der Waals surface area contributed by atoms with Crippen molar-refractivity contribution in [3.8, 4) is 0 Å². The third-order valence-electron chi connectivity index (χ3n) is 6.86. The smallest absolute Gasteiger partial charge is 0.335 e. The van der Waals surface area contributed by atoms with Crippen LogP contribution in [0, 0.1) is 11.8 Å². The molecule has 1 spiro atoms. The lowest BCUT2D eigenvalue weighted by molar-refractivity contribution is -0.255. The fourth-order valence-corrected chi connectivity index (χ4v) is 4.02. The van der Waals surface area contributed by atoms with Crippen LogP contribution in [0.2, 0.25) is 0 Å². The monoisotopic (exact) mass is 618 g/mol. The lowest BCUT2D eigenvalue weighted by Crippen LogP contribution is -2.46. The number of carbonyl (C=O) groups excluding carboxylic acids is 3. The fraction of sp³-hybridized carbons (Fsp3) is 0.875. The third-order valence-corrected chi connectivity index (χ3v) is 6.86. The molecule has 2 saturated carbocycles. The molecule has 0 unspecified atom stereocenters. The first-order chi connectivity index (χ1) is 18.8. The van der Waals surface area contributed by atoms with Crippen molar-refractivity contribution in [2.45, 2.75) is 80.8 Å². The van der Waals surface area contributed by atoms with Crippen LogP contribution in [-0.2, 0) is 33.3 Å². The highest BCUT2D eigenvalue weighted by Gasteiger charge is 2.61. The van der Waals surface area contributed by atoms with Gasteiger partial charge in [0.25, 0.3) is 0 Å². The van der Waals surface area contributed by atoms with Crippen LogP contribution >= 0.6 is 0 Å². The molecule has 1 heterocycles. The van der Waals surface area contributed by atoms with Gasteiger partial charge in [0.15, 0.2) is 5.79 Å². The van der Waals surface area contributed by atoms with Crippen LogP contribution in [0.15, 0.2) is 0 Å². The van der Waals surface area contributed by atoms with Crippen molar-refractivity contribution in [1.82, 2.24) is 0 Å². The molecule has 1 saturated heterocycles. The van der Waals surface area contributed by atoms with E-state index in [1.807, 2.05) is 0 Å². The van der Waals surface area contributed by atoms with Crippen molar-refractivity contribution in [2.75, 3.05) is 40.6 Å². The zero-order valence-corrected chi connectivity index (χ0v) is 22.4. The minimum Gasteiger partial charge on any atom is -0.469 e. The predicted octanol–water partition coefficient (Wildman–Crippen LogP) is 3.52. The van der Waals surface area contributed by atoms with Gasteiger partial charge in [0.05, 0.1) is 26.1 Å². The second-order valence-corrected chi connectivity index (χ2v) is 9.76. The summed E-state index contributed by atoms with van der Waals surface area (Å²) in [4.78, 5) is 33.1. The summed E-state index contributed by atoms with van der Waals surface area (Å²) in [6.07, 6.45) is 3.24. The molecule has 41 heavy (non-hydrogen) atoms. The second-order valence-electron chi connectivity index (χ2n) is 9.76. The van der Waals surface area contributed by atoms with E-state index in [0.29, 0.717) is 38.5 Å². The first-order valence-corrected chi connectivity index (χ1v) is 12.5. The van der Waals surface area contributed by atoms with Gasteiger partial charge in [-0.25, -0.2) is 0 Å². The molecule has 3 rings (SSSR count). The van der Waals surface area contributed by atoms with Gasteiger partial charge < -0.3 is 29.2 Å². The van der Waals surface area contributed by atoms with Crippen LogP contribution < -0.4 is 0 Å². The second kappa shape index (κ2) is 14.9. The summed E-state index contributed by atoms with van der Waals surface area (Å²) in [6, 6.07) is 0. The van der Waals surface area contributed by atoms with Crippen LogP contribution in [0.5, 0.6) is 0 Å². The van der Waals surface area contributed by atoms with Gasteiger partial charge in [0.1, 0.15) is 32.2 Å². The van der Waals surface area contributed by atoms with E-state index in [-0.39, 0.29) is 36.4 Å². The third kappa shape index (κ3) is 9.99. The quantitative estimate of drug-likeness (QED) is 0.351. The van der Waals surface area contributed by atoms with Gasteiger partial charge in [-0.2, -0.15) is 35.1 Å². The Kier molecular flexibility index (Phi) is 13.4. The van der Waals surface area contributed by atoms with Gasteiger partial charge in [-0.1, -0.05) is 0 Å². The first kappa shape index (κ1) is 36.9. The van der Waals surface area contributed by atoms with E-state index in [2.05, 4.69) is 9.47 Å². The molecule has 2 aliphatic carbocycles. The largest absolute Gasteiger partial charge is 0.469 e. The molecule has 3 fully saturated rings. The normalized spacial score (nSPS) is 22.8. The number of esters is 2. The Morgan fingerprint density at radius 2 is 1.12 bits per heavy atom. The summed E-state index contributed by atoms with van der Waals surface area (Å²) in [7, 11) is 2.64. The summed E-state index contributed by atoms with van der Waals surface area (Å²) >= 11 is 0. The van der Waals surface area contributed by atoms with E-state index in [0.717, 1.165) is 0 Å². The maximum Gasteiger partial charge on any atom is 0.335 e. The lowest BCUT2D eigenvalue weighted by Gasteiger charge is -2.37. The zero-order valence-electron chi connectivity index (χ0n) is 22.4. The number of hydrogen-bond acceptors (Lipinski definition) is 9. The standard InChI is InChI=1S/C12H16F4O4.C8H12O3.C4H6F4O2/c1-18-9(17)8-2-4-10(5-3-8)19-6-11(13,14)12(15,16)7-20-10;1-11-8(10)6-2-4-7(9)5-3-6;5-3(6,1-9)4(7,8)2-10/h8H,2-7H2,1H3;6H,2-5H2,1H3;9-10H,1-2H2. The summed E-state index contributed by atoms with van der Waals surface area (Å²) in [5.41, 5.74) is 0. The molecular formula is C24H34F8O9. The van der Waals surface area contributed by atoms with Crippen molar-refractivity contribution >= 4 is 17.7 Å². The molecule has 3 aliphatic rings. The van der Waals surface area contributed by atoms with E-state index < -0.39 is 61.9 Å². The Morgan fingerprint density at radius 3 is 1.44 bits per heavy atom. The maximum atomic E-state index is 13.2. The number of halogens is 8. The predicted molar refractivity (Wildman–Crippen MR) is 122 cm³/mol. The summed E-state index contributed by atoms with van der Waals surface area (Å²) in [6.45, 7) is -6.72. The van der Waals surface area contributed by atoms with Crippen molar-refractivity contribution in [3.05, 3.63) is 0 Å². The molecule has 240 valence electrons. The van der Waals surface area contributed by atoms with Crippen LogP contribution in [0.4, 0.5) is 35.1 Å². The topological polar surface area (TPSA) is 129 Å². The van der Waals surface area contributed by atoms with Crippen LogP contribution in [0.1, 0.15) is 51.4 Å². The van der Waals surface area contributed by atoms with Crippen molar-refractivity contribution < 1.29 is 78.7 Å². The van der Waals surface area contributed by atoms with Gasteiger partial charge in [-0.15, -0.1) is 0 Å². The first-order valence-electron chi connectivity index (χ1n) is 12.5. The summed E-state index contributed by atoms with van der Waals surface area (Å²) < 4.78 is 119. The van der Waals surface area contributed by atoms with Crippen LogP contribution in [-0.4, -0.2) is 98.1 Å². The number of aliphatic hydroxyl groups is 2. The molecule has 2 N–H and O–H groups in total. The van der Waals surface area contributed by atoms with E-state index in [9.17, 15) is 49.5 Å². The minimum atomic E-state index is -4.54. The molecule has 0 amide bonds. The fourth-order valence-electron chi connectivity index (χ4n) is 4.02. The summed E-state index contributed by atoms with van der Waals surface area (Å²) in [5.74, 6) is -19.7. The number of carbonyl (C=O) groups is 3. The number of Topliss-reactive ketones (excluding diaryl/α,β-unsaturated/α-hetero) is 1. The van der Waals surface area contributed by atoms with Crippen molar-refractivity contribution in [2.24, 2.45) is 11.8 Å². The molecule has 0 radical (unpaired) electrons. The molecule has 17 heteroatoms. The van der Waals surface area contributed by atoms with Gasteiger partial charge in [0, 0.05) is 25.7 Å². The molecule has 0 aromatic rings. The van der Waals surface area contributed by atoms with Gasteiger partial charge in [-0.05, 0) is 25.7 Å². The summed E-state index contributed by atoms with van der Waals surface area (Å²) in [5, 5.41) is 15.4. The van der Waals surface area contributed by atoms with Gasteiger partial charge in [0.2, 0.25) is 0 Å². The Balaban J connectivity index is 0.000000340. The van der Waals surface area contributed by atoms with Crippen molar-refractivity contribution in [1.29, 1.82) is 0 Å². The number of hydrogen-bond donors (Lipinski definition) is 2. The Hall–Kier alpha value is -2.11. The molecule has 9 nitrogen and oxygen atoms in total. The highest BCUT2D eigenvalue weighted by atomic mass is 19.3. The highest BCUT2D eigenvalue weighted by molar-refractivity contribution is 5.82.